The van der Waals surface area contributed by atoms with E-state index in [0.29, 0.717) is 17.2 Å². The number of halogens is 1. The molecule has 1 unspecified atom stereocenters. The van der Waals surface area contributed by atoms with Gasteiger partial charge in [-0.05, 0) is 37.1 Å². The van der Waals surface area contributed by atoms with E-state index in [0.717, 1.165) is 12.0 Å². The molecule has 116 valence electrons. The first-order valence-corrected chi connectivity index (χ1v) is 7.20. The third-order valence-corrected chi connectivity index (χ3v) is 3.15. The molecule has 1 amide bonds. The SMILES string of the molecule is CCCC(CC(=O)O)NC(=O)COc1ccc(Cl)cc1C. The van der Waals surface area contributed by atoms with Gasteiger partial charge in [0.1, 0.15) is 5.75 Å². The third kappa shape index (κ3) is 6.49. The van der Waals surface area contributed by atoms with Crippen LogP contribution in [0.25, 0.3) is 0 Å². The standard InChI is InChI=1S/C15H20ClNO4/c1-3-4-12(8-15(19)20)17-14(18)9-21-13-6-5-11(16)7-10(13)2/h5-7,12H,3-4,8-9H2,1-2H3,(H,17,18)(H,19,20). The molecule has 0 aliphatic rings. The fourth-order valence-electron chi connectivity index (χ4n) is 1.97. The number of ether oxygens (including phenoxy) is 1. The number of aryl methyl sites for hydroxylation is 1. The van der Waals surface area contributed by atoms with E-state index in [1.807, 2.05) is 13.8 Å². The molecule has 0 fully saturated rings. The lowest BCUT2D eigenvalue weighted by molar-refractivity contribution is -0.137. The molecule has 0 heterocycles. The van der Waals surface area contributed by atoms with E-state index in [2.05, 4.69) is 5.32 Å². The summed E-state index contributed by atoms with van der Waals surface area (Å²) >= 11 is 5.84. The summed E-state index contributed by atoms with van der Waals surface area (Å²) in [6.45, 7) is 3.63. The Balaban J connectivity index is 2.50. The second kappa shape index (κ2) is 8.52. The molecule has 2 N–H and O–H groups in total. The number of rotatable bonds is 8. The van der Waals surface area contributed by atoms with Gasteiger partial charge >= 0.3 is 5.97 Å². The van der Waals surface area contributed by atoms with Gasteiger partial charge < -0.3 is 15.2 Å². The Hall–Kier alpha value is -1.75. The van der Waals surface area contributed by atoms with Crippen LogP contribution in [0.5, 0.6) is 5.75 Å². The summed E-state index contributed by atoms with van der Waals surface area (Å²) < 4.78 is 5.42. The highest BCUT2D eigenvalue weighted by atomic mass is 35.5. The minimum atomic E-state index is -0.928. The maximum atomic E-state index is 11.8. The van der Waals surface area contributed by atoms with Crippen LogP contribution in [0, 0.1) is 6.92 Å². The number of carbonyl (C=O) groups is 2. The summed E-state index contributed by atoms with van der Waals surface area (Å²) in [7, 11) is 0. The predicted octanol–water partition coefficient (Wildman–Crippen LogP) is 2.79. The molecule has 1 aromatic carbocycles. The van der Waals surface area contributed by atoms with Crippen LogP contribution in [0.2, 0.25) is 5.02 Å². The van der Waals surface area contributed by atoms with Gasteiger partial charge in [-0.15, -0.1) is 0 Å². The quantitative estimate of drug-likeness (QED) is 0.774. The molecule has 0 saturated carbocycles. The van der Waals surface area contributed by atoms with Gasteiger partial charge in [-0.25, -0.2) is 0 Å². The van der Waals surface area contributed by atoms with E-state index in [-0.39, 0.29) is 25.0 Å². The van der Waals surface area contributed by atoms with Crippen LogP contribution >= 0.6 is 11.6 Å². The van der Waals surface area contributed by atoms with Crippen molar-refractivity contribution in [2.75, 3.05) is 6.61 Å². The predicted molar refractivity (Wildman–Crippen MR) is 80.8 cm³/mol. The Morgan fingerprint density at radius 3 is 2.71 bits per heavy atom. The molecule has 0 saturated heterocycles. The first-order chi connectivity index (χ1) is 9.92. The Kier molecular flexibility index (Phi) is 7.02. The van der Waals surface area contributed by atoms with Gasteiger partial charge in [-0.3, -0.25) is 9.59 Å². The second-order valence-electron chi connectivity index (χ2n) is 4.85. The molecule has 6 heteroatoms. The molecule has 0 aromatic heterocycles. The summed E-state index contributed by atoms with van der Waals surface area (Å²) in [5, 5.41) is 12.1. The maximum Gasteiger partial charge on any atom is 0.305 e. The van der Waals surface area contributed by atoms with E-state index in [1.165, 1.54) is 0 Å². The maximum absolute atomic E-state index is 11.8. The first-order valence-electron chi connectivity index (χ1n) is 6.82. The lowest BCUT2D eigenvalue weighted by atomic mass is 10.1. The van der Waals surface area contributed by atoms with Crippen molar-refractivity contribution in [2.24, 2.45) is 0 Å². The van der Waals surface area contributed by atoms with Gasteiger partial charge in [0.15, 0.2) is 6.61 Å². The summed E-state index contributed by atoms with van der Waals surface area (Å²) in [4.78, 5) is 22.5. The topological polar surface area (TPSA) is 75.6 Å². The molecule has 0 aliphatic heterocycles. The Morgan fingerprint density at radius 1 is 1.43 bits per heavy atom. The Morgan fingerprint density at radius 2 is 2.14 bits per heavy atom. The van der Waals surface area contributed by atoms with E-state index in [9.17, 15) is 9.59 Å². The van der Waals surface area contributed by atoms with Gasteiger partial charge in [0.05, 0.1) is 6.42 Å². The highest BCUT2D eigenvalue weighted by molar-refractivity contribution is 6.30. The number of amides is 1. The van der Waals surface area contributed by atoms with Crippen molar-refractivity contribution in [3.63, 3.8) is 0 Å². The Labute approximate surface area is 129 Å². The van der Waals surface area contributed by atoms with Crippen molar-refractivity contribution in [3.05, 3.63) is 28.8 Å². The Bertz CT molecular complexity index is 504. The summed E-state index contributed by atoms with van der Waals surface area (Å²) in [6, 6.07) is 4.77. The number of hydrogen-bond acceptors (Lipinski definition) is 3. The molecule has 1 atom stereocenters. The third-order valence-electron chi connectivity index (χ3n) is 2.92. The summed E-state index contributed by atoms with van der Waals surface area (Å²) in [5.41, 5.74) is 0.839. The van der Waals surface area contributed by atoms with Gasteiger partial charge in [-0.2, -0.15) is 0 Å². The highest BCUT2D eigenvalue weighted by Gasteiger charge is 2.15. The van der Waals surface area contributed by atoms with Gasteiger partial charge in [-0.1, -0.05) is 24.9 Å². The number of nitrogens with one attached hydrogen (secondary N) is 1. The fraction of sp³-hybridized carbons (Fsp3) is 0.467. The molecule has 0 bridgehead atoms. The van der Waals surface area contributed by atoms with Crippen LogP contribution in [-0.4, -0.2) is 29.6 Å². The van der Waals surface area contributed by atoms with E-state index in [1.54, 1.807) is 18.2 Å². The smallest absolute Gasteiger partial charge is 0.305 e. The number of benzene rings is 1. The van der Waals surface area contributed by atoms with Crippen molar-refractivity contribution in [1.82, 2.24) is 5.32 Å². The normalized spacial score (nSPS) is 11.8. The monoisotopic (exact) mass is 313 g/mol. The van der Waals surface area contributed by atoms with Crippen LogP contribution in [0.1, 0.15) is 31.7 Å². The number of carbonyl (C=O) groups excluding carboxylic acids is 1. The molecule has 0 spiro atoms. The molecule has 5 nitrogen and oxygen atoms in total. The van der Waals surface area contributed by atoms with Crippen molar-refractivity contribution >= 4 is 23.5 Å². The van der Waals surface area contributed by atoms with Crippen molar-refractivity contribution in [1.29, 1.82) is 0 Å². The average Bonchev–Trinajstić information content (AvgIpc) is 2.37. The molecule has 0 aliphatic carbocycles. The zero-order valence-corrected chi connectivity index (χ0v) is 12.9. The van der Waals surface area contributed by atoms with Crippen LogP contribution in [-0.2, 0) is 9.59 Å². The van der Waals surface area contributed by atoms with Crippen LogP contribution in [0.3, 0.4) is 0 Å². The number of carboxylic acid groups (broad SMARTS) is 1. The molecule has 0 radical (unpaired) electrons. The van der Waals surface area contributed by atoms with Crippen molar-refractivity contribution < 1.29 is 19.4 Å². The highest BCUT2D eigenvalue weighted by Crippen LogP contribution is 2.21. The molecular formula is C15H20ClNO4. The number of carboxylic acids is 1. The average molecular weight is 314 g/mol. The van der Waals surface area contributed by atoms with Gasteiger partial charge in [0, 0.05) is 11.1 Å². The molecule has 21 heavy (non-hydrogen) atoms. The lowest BCUT2D eigenvalue weighted by Crippen LogP contribution is -2.39. The summed E-state index contributed by atoms with van der Waals surface area (Å²) in [6.07, 6.45) is 1.34. The zero-order chi connectivity index (χ0) is 15.8. The van der Waals surface area contributed by atoms with Crippen molar-refractivity contribution in [2.45, 2.75) is 39.2 Å². The molecule has 1 rings (SSSR count). The van der Waals surface area contributed by atoms with Gasteiger partial charge in [0.25, 0.3) is 5.91 Å². The minimum absolute atomic E-state index is 0.0838. The molecular weight excluding hydrogens is 294 g/mol. The van der Waals surface area contributed by atoms with Crippen LogP contribution < -0.4 is 10.1 Å². The number of hydrogen-bond donors (Lipinski definition) is 2. The van der Waals surface area contributed by atoms with Crippen LogP contribution in [0.4, 0.5) is 0 Å². The minimum Gasteiger partial charge on any atom is -0.484 e. The van der Waals surface area contributed by atoms with E-state index >= 15 is 0 Å². The zero-order valence-electron chi connectivity index (χ0n) is 12.2. The van der Waals surface area contributed by atoms with Gasteiger partial charge in [0.2, 0.25) is 0 Å². The summed E-state index contributed by atoms with van der Waals surface area (Å²) in [5.74, 6) is -0.674. The molecule has 1 aromatic rings. The van der Waals surface area contributed by atoms with E-state index in [4.69, 9.17) is 21.4 Å². The largest absolute Gasteiger partial charge is 0.484 e. The number of aliphatic carboxylic acids is 1. The van der Waals surface area contributed by atoms with Crippen molar-refractivity contribution in [3.8, 4) is 5.75 Å². The fourth-order valence-corrected chi connectivity index (χ4v) is 2.20. The van der Waals surface area contributed by atoms with E-state index < -0.39 is 5.97 Å². The lowest BCUT2D eigenvalue weighted by Gasteiger charge is -2.16. The first kappa shape index (κ1) is 17.3. The second-order valence-corrected chi connectivity index (χ2v) is 5.29. The van der Waals surface area contributed by atoms with Crippen LogP contribution in [0.15, 0.2) is 18.2 Å².